The number of carbonyl (C=O) groups is 2. The molecule has 2 atom stereocenters. The van der Waals surface area contributed by atoms with Crippen molar-refractivity contribution in [2.24, 2.45) is 0 Å². The summed E-state index contributed by atoms with van der Waals surface area (Å²) in [5.74, 6) is -0.943. The first-order valence-electron chi connectivity index (χ1n) is 5.50. The molecule has 0 aromatic rings. The van der Waals surface area contributed by atoms with E-state index < -0.39 is 28.3 Å². The van der Waals surface area contributed by atoms with Crippen LogP contribution in [-0.4, -0.2) is 53.3 Å². The molecule has 19 heavy (non-hydrogen) atoms. The number of amides is 2. The topological polar surface area (TPSA) is 107 Å². The van der Waals surface area contributed by atoms with Crippen LogP contribution in [0.25, 0.3) is 0 Å². The van der Waals surface area contributed by atoms with E-state index in [1.165, 1.54) is 6.92 Å². The summed E-state index contributed by atoms with van der Waals surface area (Å²) in [7, 11) is -4.83. The Hall–Kier alpha value is -0.190. The van der Waals surface area contributed by atoms with Gasteiger partial charge in [-0.3, -0.25) is 14.4 Å². The summed E-state index contributed by atoms with van der Waals surface area (Å²) >= 11 is 0. The van der Waals surface area contributed by atoms with Crippen LogP contribution in [-0.2, 0) is 24.7 Å². The summed E-state index contributed by atoms with van der Waals surface area (Å²) in [6, 6.07) is -1.96. The monoisotopic (exact) mass is 302 g/mol. The Labute approximate surface area is 134 Å². The van der Waals surface area contributed by atoms with Gasteiger partial charge in [0.15, 0.2) is 16.3 Å². The number of hydrogen-bond acceptors (Lipinski definition) is 6. The van der Waals surface area contributed by atoms with Crippen molar-refractivity contribution in [1.82, 2.24) is 9.37 Å². The summed E-state index contributed by atoms with van der Waals surface area (Å²) in [6.45, 7) is 3.54. The molecule has 8 nitrogen and oxygen atoms in total. The maximum absolute atomic E-state index is 11.5. The third-order valence-electron chi connectivity index (χ3n) is 2.65. The minimum atomic E-state index is -4.83. The van der Waals surface area contributed by atoms with E-state index in [0.29, 0.717) is 12.8 Å². The number of carbonyl (C=O) groups excluding carboxylic acids is 2. The fourth-order valence-electron chi connectivity index (χ4n) is 1.71. The quantitative estimate of drug-likeness (QED) is 0.119. The van der Waals surface area contributed by atoms with Crippen molar-refractivity contribution in [2.45, 2.75) is 38.8 Å². The van der Waals surface area contributed by atoms with Gasteiger partial charge in [-0.2, -0.15) is 0 Å². The fourth-order valence-corrected chi connectivity index (χ4v) is 2.56. The molecule has 104 valence electrons. The molecular weight excluding hydrogens is 287 g/mol. The number of hydrogen-bond donors (Lipinski definition) is 0. The van der Waals surface area contributed by atoms with Crippen LogP contribution < -0.4 is 29.6 Å². The third kappa shape index (κ3) is 4.14. The SMILES string of the molecule is CCCCON(C=O)C1C(=O)N(S(=O)(=O)[O-])C1C.[Na+]. The normalized spacial score (nSPS) is 22.5. The van der Waals surface area contributed by atoms with Crippen molar-refractivity contribution in [3.63, 3.8) is 0 Å². The first-order chi connectivity index (χ1) is 8.34. The maximum Gasteiger partial charge on any atom is 1.00 e. The first-order valence-corrected chi connectivity index (χ1v) is 6.86. The molecule has 0 bridgehead atoms. The zero-order chi connectivity index (χ0) is 13.9. The van der Waals surface area contributed by atoms with Gasteiger partial charge >= 0.3 is 29.6 Å². The smallest absolute Gasteiger partial charge is 0.731 e. The van der Waals surface area contributed by atoms with Crippen molar-refractivity contribution < 1.29 is 57.0 Å². The van der Waals surface area contributed by atoms with E-state index in [4.69, 9.17) is 4.84 Å². The molecule has 10 heteroatoms. The summed E-state index contributed by atoms with van der Waals surface area (Å²) < 4.78 is 32.5. The minimum Gasteiger partial charge on any atom is -0.731 e. The Morgan fingerprint density at radius 2 is 2.11 bits per heavy atom. The number of β-lactam (4-membered cyclic amide) rings is 1. The summed E-state index contributed by atoms with van der Waals surface area (Å²) in [5, 5.41) is 0.768. The Kier molecular flexibility index (Phi) is 7.48. The molecule has 2 amide bonds. The van der Waals surface area contributed by atoms with Crippen LogP contribution in [0.1, 0.15) is 26.7 Å². The van der Waals surface area contributed by atoms with Gasteiger partial charge in [-0.1, -0.05) is 13.3 Å². The van der Waals surface area contributed by atoms with Gasteiger partial charge in [-0.25, -0.2) is 17.8 Å². The molecule has 0 aromatic heterocycles. The number of hydroxylamine groups is 2. The molecule has 0 aliphatic carbocycles. The van der Waals surface area contributed by atoms with Gasteiger partial charge in [0.1, 0.15) is 0 Å². The minimum absolute atomic E-state index is 0. The number of unbranched alkanes of at least 4 members (excludes halogenated alkanes) is 1. The van der Waals surface area contributed by atoms with E-state index >= 15 is 0 Å². The molecule has 0 radical (unpaired) electrons. The molecular formula is C9H15N2NaO6S. The van der Waals surface area contributed by atoms with Crippen LogP contribution in [0.3, 0.4) is 0 Å². The molecule has 0 spiro atoms. The van der Waals surface area contributed by atoms with Gasteiger partial charge in [-0.05, 0) is 13.3 Å². The molecule has 0 N–H and O–H groups in total. The zero-order valence-corrected chi connectivity index (χ0v) is 13.9. The Morgan fingerprint density at radius 1 is 1.53 bits per heavy atom. The molecule has 1 saturated heterocycles. The van der Waals surface area contributed by atoms with E-state index in [1.807, 2.05) is 6.92 Å². The van der Waals surface area contributed by atoms with Gasteiger partial charge < -0.3 is 4.55 Å². The second-order valence-corrected chi connectivity index (χ2v) is 5.18. The van der Waals surface area contributed by atoms with Crippen molar-refractivity contribution >= 4 is 22.6 Å². The van der Waals surface area contributed by atoms with Crippen molar-refractivity contribution in [1.29, 1.82) is 0 Å². The van der Waals surface area contributed by atoms with E-state index in [-0.39, 0.29) is 40.5 Å². The molecule has 1 aliphatic rings. The van der Waals surface area contributed by atoms with Crippen molar-refractivity contribution in [3.05, 3.63) is 0 Å². The van der Waals surface area contributed by atoms with Crippen LogP contribution in [0.4, 0.5) is 0 Å². The number of rotatable bonds is 7. The Balaban J connectivity index is 0.00000324. The van der Waals surface area contributed by atoms with Crippen molar-refractivity contribution in [3.8, 4) is 0 Å². The molecule has 1 heterocycles. The van der Waals surface area contributed by atoms with Gasteiger partial charge in [0, 0.05) is 0 Å². The summed E-state index contributed by atoms with van der Waals surface area (Å²) in [5.41, 5.74) is 0. The summed E-state index contributed by atoms with van der Waals surface area (Å²) in [6.07, 6.45) is 1.86. The maximum atomic E-state index is 11.5. The molecule has 2 unspecified atom stereocenters. The second kappa shape index (κ2) is 7.55. The Bertz CT molecular complexity index is 428. The fraction of sp³-hybridized carbons (Fsp3) is 0.778. The standard InChI is InChI=1S/C9H16N2O6S.Na/c1-3-4-5-17-10(6-12)8-7(2)11(9(8)13)18(14,15)16;/h6-8H,3-5H2,1-2H3,(H,14,15,16);/q;+1/p-1. The molecule has 1 rings (SSSR count). The second-order valence-electron chi connectivity index (χ2n) is 3.93. The van der Waals surface area contributed by atoms with E-state index in [9.17, 15) is 22.6 Å². The average Bonchev–Trinajstić information content (AvgIpc) is 2.25. The van der Waals surface area contributed by atoms with Crippen LogP contribution in [0.15, 0.2) is 0 Å². The predicted molar refractivity (Wildman–Crippen MR) is 58.6 cm³/mol. The molecule has 0 saturated carbocycles. The van der Waals surface area contributed by atoms with Crippen molar-refractivity contribution in [2.75, 3.05) is 6.61 Å². The first kappa shape index (κ1) is 18.8. The molecule has 1 aliphatic heterocycles. The van der Waals surface area contributed by atoms with Crippen LogP contribution in [0.5, 0.6) is 0 Å². The summed E-state index contributed by atoms with van der Waals surface area (Å²) in [4.78, 5) is 27.4. The van der Waals surface area contributed by atoms with E-state index in [2.05, 4.69) is 0 Å². The van der Waals surface area contributed by atoms with Gasteiger partial charge in [0.2, 0.25) is 6.41 Å². The average molecular weight is 302 g/mol. The number of nitrogens with zero attached hydrogens (tertiary/aromatic N) is 2. The molecule has 1 fully saturated rings. The van der Waals surface area contributed by atoms with E-state index in [0.717, 1.165) is 11.5 Å². The van der Waals surface area contributed by atoms with E-state index in [1.54, 1.807) is 0 Å². The van der Waals surface area contributed by atoms with Gasteiger partial charge in [0.25, 0.3) is 5.91 Å². The largest absolute Gasteiger partial charge is 1.00 e. The predicted octanol–water partition coefficient (Wildman–Crippen LogP) is -3.76. The molecule has 0 aromatic carbocycles. The van der Waals surface area contributed by atoms with Gasteiger partial charge in [-0.15, -0.1) is 0 Å². The third-order valence-corrected chi connectivity index (χ3v) is 3.65. The van der Waals surface area contributed by atoms with Crippen LogP contribution in [0.2, 0.25) is 0 Å². The van der Waals surface area contributed by atoms with Crippen LogP contribution in [0, 0.1) is 0 Å². The zero-order valence-electron chi connectivity index (χ0n) is 11.1. The van der Waals surface area contributed by atoms with Gasteiger partial charge in [0.05, 0.1) is 12.6 Å². The van der Waals surface area contributed by atoms with Crippen LogP contribution >= 0.6 is 0 Å². The Morgan fingerprint density at radius 3 is 2.47 bits per heavy atom.